The molecule has 3 N–H and O–H groups in total. The number of rotatable bonds is 8. The second-order valence-corrected chi connectivity index (χ2v) is 17.2. The summed E-state index contributed by atoms with van der Waals surface area (Å²) in [6.45, 7) is 7.11. The number of benzene rings is 2. The van der Waals surface area contributed by atoms with Crippen LogP contribution in [-0.2, 0) is 31.3 Å². The first-order valence-electron chi connectivity index (χ1n) is 14.7. The van der Waals surface area contributed by atoms with E-state index in [1.165, 1.54) is 6.92 Å². The maximum Gasteiger partial charge on any atom is 0.264 e. The second-order valence-electron chi connectivity index (χ2n) is 12.5. The largest absolute Gasteiger partial charge is 0.394 e. The average Bonchev–Trinajstić information content (AvgIpc) is 3.60. The number of ether oxygens (including phenoxy) is 1. The topological polar surface area (TPSA) is 119 Å². The third-order valence-corrected chi connectivity index (χ3v) is 12.1. The molecule has 5 rings (SSSR count). The number of aliphatic hydroxyl groups excluding tert-OH is 2. The highest BCUT2D eigenvalue weighted by atomic mass is 79.9. The zero-order chi connectivity index (χ0) is 31.3. The van der Waals surface area contributed by atoms with Crippen molar-refractivity contribution < 1.29 is 33.4 Å². The number of likely N-dealkylation sites (tertiary alicyclic amines) is 1. The van der Waals surface area contributed by atoms with Gasteiger partial charge in [0.15, 0.2) is 5.60 Å². The van der Waals surface area contributed by atoms with Gasteiger partial charge in [-0.1, -0.05) is 35.0 Å². The molecule has 232 valence electrons. The van der Waals surface area contributed by atoms with Crippen LogP contribution in [0, 0.1) is 5.92 Å². The summed E-state index contributed by atoms with van der Waals surface area (Å²) in [7, 11) is -3.44. The van der Waals surface area contributed by atoms with E-state index in [0.29, 0.717) is 23.5 Å². The van der Waals surface area contributed by atoms with Crippen molar-refractivity contribution >= 4 is 53.4 Å². The maximum absolute atomic E-state index is 16.1. The van der Waals surface area contributed by atoms with Crippen molar-refractivity contribution in [3.8, 4) is 0 Å². The van der Waals surface area contributed by atoms with Crippen LogP contribution in [0.2, 0.25) is 18.6 Å². The van der Waals surface area contributed by atoms with E-state index in [1.807, 2.05) is 25.1 Å². The van der Waals surface area contributed by atoms with Crippen molar-refractivity contribution in [1.29, 1.82) is 0 Å². The number of amides is 3. The van der Waals surface area contributed by atoms with E-state index in [0.717, 1.165) is 22.9 Å². The lowest BCUT2D eigenvalue weighted by molar-refractivity contribution is -0.150. The van der Waals surface area contributed by atoms with Crippen molar-refractivity contribution in [2.45, 2.75) is 82.1 Å². The van der Waals surface area contributed by atoms with Gasteiger partial charge in [0.25, 0.3) is 11.8 Å². The summed E-state index contributed by atoms with van der Waals surface area (Å²) >= 11 is 3.54. The van der Waals surface area contributed by atoms with E-state index in [2.05, 4.69) is 21.2 Å². The van der Waals surface area contributed by atoms with Crippen LogP contribution in [0.5, 0.6) is 0 Å². The van der Waals surface area contributed by atoms with Gasteiger partial charge in [0.1, 0.15) is 6.10 Å². The molecule has 2 aromatic rings. The molecular formula is C31H39BrFN3O6Si. The normalized spacial score (nSPS) is 27.6. The Hall–Kier alpha value is -2.64. The molecule has 0 aromatic heterocycles. The summed E-state index contributed by atoms with van der Waals surface area (Å²) in [5, 5.41) is 21.9. The molecule has 2 aromatic carbocycles. The lowest BCUT2D eigenvalue weighted by atomic mass is 9.82. The molecule has 1 spiro atoms. The Morgan fingerprint density at radius 3 is 2.56 bits per heavy atom. The fourth-order valence-electron chi connectivity index (χ4n) is 7.14. The van der Waals surface area contributed by atoms with Gasteiger partial charge in [-0.3, -0.25) is 14.4 Å². The number of nitrogens with zero attached hydrogens (tertiary/aromatic N) is 2. The third kappa shape index (κ3) is 5.79. The van der Waals surface area contributed by atoms with Gasteiger partial charge < -0.3 is 34.2 Å². The van der Waals surface area contributed by atoms with Crippen molar-refractivity contribution in [3.63, 3.8) is 0 Å². The number of hydrogen-bond donors (Lipinski definition) is 3. The van der Waals surface area contributed by atoms with Crippen molar-refractivity contribution in [3.05, 3.63) is 58.1 Å². The molecule has 43 heavy (non-hydrogen) atoms. The van der Waals surface area contributed by atoms with Crippen LogP contribution in [0.25, 0.3) is 0 Å². The van der Waals surface area contributed by atoms with E-state index in [4.69, 9.17) is 4.74 Å². The average molecular weight is 677 g/mol. The Morgan fingerprint density at radius 2 is 1.93 bits per heavy atom. The molecule has 0 bridgehead atoms. The van der Waals surface area contributed by atoms with E-state index in [-0.39, 0.29) is 37.4 Å². The van der Waals surface area contributed by atoms with Crippen LogP contribution in [0.4, 0.5) is 15.5 Å². The zero-order valence-corrected chi connectivity index (χ0v) is 27.4. The molecular weight excluding hydrogens is 637 g/mol. The van der Waals surface area contributed by atoms with Gasteiger partial charge in [-0.05, 0) is 68.8 Å². The fourth-order valence-corrected chi connectivity index (χ4v) is 10.00. The van der Waals surface area contributed by atoms with Crippen LogP contribution >= 0.6 is 15.9 Å². The minimum absolute atomic E-state index is 0.0517. The van der Waals surface area contributed by atoms with Gasteiger partial charge in [-0.15, -0.1) is 0 Å². The maximum atomic E-state index is 16.1. The number of halogens is 2. The lowest BCUT2D eigenvalue weighted by Crippen LogP contribution is -2.45. The smallest absolute Gasteiger partial charge is 0.264 e. The molecule has 3 heterocycles. The highest BCUT2D eigenvalue weighted by Crippen LogP contribution is 2.60. The Bertz CT molecular complexity index is 1400. The molecule has 3 amide bonds. The molecule has 3 aliphatic heterocycles. The Balaban J connectivity index is 1.47. The standard InChI is InChI=1S/C31H39BrFN3O6Si/c1-18-28(43(3,4)33)26(15-27(39)35-13-5-6-23(35)17-37)42-31(18)24-14-21(32)9-12-25(24)36(30(31)41)16-20-7-10-22(11-8-20)34-29(40)19(2)38/h7-12,14,18-19,23,26,28,37-38H,5-6,13,15-17H2,1-4H3,(H,34,40)/t18-,19+,23+,26+,28-,31+/m1/s1. The highest BCUT2D eigenvalue weighted by molar-refractivity contribution is 9.10. The molecule has 2 fully saturated rings. The van der Waals surface area contributed by atoms with Gasteiger partial charge in [0.05, 0.1) is 37.4 Å². The predicted octanol–water partition coefficient (Wildman–Crippen LogP) is 4.46. The first kappa shape index (κ1) is 31.8. The van der Waals surface area contributed by atoms with Crippen LogP contribution in [0.3, 0.4) is 0 Å². The van der Waals surface area contributed by atoms with Gasteiger partial charge in [0, 0.05) is 33.7 Å². The minimum Gasteiger partial charge on any atom is -0.394 e. The SMILES string of the molecule is C[C@H](O)C(=O)Nc1ccc(CN2C(=O)[C@@]3(O[C@@H](CC(=O)N4CCC[C@H]4CO)[C@H]([Si](C)(C)F)[C@H]3C)c3cc(Br)ccc32)cc1. The predicted molar refractivity (Wildman–Crippen MR) is 167 cm³/mol. The Morgan fingerprint density at radius 1 is 1.23 bits per heavy atom. The number of carbonyl (C=O) groups is 3. The van der Waals surface area contributed by atoms with E-state index >= 15 is 4.11 Å². The molecule has 12 heteroatoms. The highest BCUT2D eigenvalue weighted by Gasteiger charge is 2.67. The first-order valence-corrected chi connectivity index (χ1v) is 18.5. The summed E-state index contributed by atoms with van der Waals surface area (Å²) in [5.74, 6) is -1.54. The quantitative estimate of drug-likeness (QED) is 0.281. The molecule has 3 aliphatic rings. The van der Waals surface area contributed by atoms with Crippen molar-refractivity contribution in [2.24, 2.45) is 5.92 Å². The summed E-state index contributed by atoms with van der Waals surface area (Å²) in [6, 6.07) is 12.3. The summed E-state index contributed by atoms with van der Waals surface area (Å²) in [4.78, 5) is 43.2. The second kappa shape index (κ2) is 12.0. The van der Waals surface area contributed by atoms with Crippen LogP contribution in [0.1, 0.15) is 44.2 Å². The monoisotopic (exact) mass is 675 g/mol. The Kier molecular flexibility index (Phi) is 8.89. The van der Waals surface area contributed by atoms with Crippen LogP contribution in [-0.4, -0.2) is 72.6 Å². The number of hydrogen-bond acceptors (Lipinski definition) is 6. The fraction of sp³-hybridized carbons (Fsp3) is 0.516. The van der Waals surface area contributed by atoms with Gasteiger partial charge in [-0.25, -0.2) is 0 Å². The van der Waals surface area contributed by atoms with Crippen LogP contribution < -0.4 is 10.2 Å². The van der Waals surface area contributed by atoms with E-state index in [1.54, 1.807) is 47.2 Å². The first-order chi connectivity index (χ1) is 20.3. The van der Waals surface area contributed by atoms with Gasteiger partial charge in [-0.2, -0.15) is 0 Å². The minimum atomic E-state index is -3.44. The molecule has 0 saturated carbocycles. The van der Waals surface area contributed by atoms with E-state index < -0.39 is 43.6 Å². The number of aliphatic hydroxyl groups is 2. The summed E-state index contributed by atoms with van der Waals surface area (Å²) in [6.07, 6.45) is -0.456. The molecule has 0 aliphatic carbocycles. The van der Waals surface area contributed by atoms with Gasteiger partial charge >= 0.3 is 0 Å². The number of anilines is 2. The number of nitrogens with one attached hydrogen (secondary N) is 1. The Labute approximate surface area is 260 Å². The molecule has 0 unspecified atom stereocenters. The number of carbonyl (C=O) groups excluding carboxylic acids is 3. The molecule has 2 saturated heterocycles. The van der Waals surface area contributed by atoms with Crippen molar-refractivity contribution in [1.82, 2.24) is 4.90 Å². The third-order valence-electron chi connectivity index (χ3n) is 9.15. The number of fused-ring (bicyclic) bond motifs is 2. The van der Waals surface area contributed by atoms with Crippen LogP contribution in [0.15, 0.2) is 46.9 Å². The molecule has 6 atom stereocenters. The summed E-state index contributed by atoms with van der Waals surface area (Å²) < 4.78 is 23.6. The molecule has 9 nitrogen and oxygen atoms in total. The van der Waals surface area contributed by atoms with Gasteiger partial charge in [0.2, 0.25) is 14.3 Å². The molecule has 0 radical (unpaired) electrons. The zero-order valence-electron chi connectivity index (χ0n) is 24.8. The van der Waals surface area contributed by atoms with Crippen molar-refractivity contribution in [2.75, 3.05) is 23.4 Å². The summed E-state index contributed by atoms with van der Waals surface area (Å²) in [5.41, 5.74) is 0.551. The lowest BCUT2D eigenvalue weighted by Gasteiger charge is -2.31. The van der Waals surface area contributed by atoms with E-state index in [9.17, 15) is 24.6 Å².